The third-order valence-electron chi connectivity index (χ3n) is 2.53. The van der Waals surface area contributed by atoms with Crippen molar-refractivity contribution in [3.8, 4) is 11.5 Å². The van der Waals surface area contributed by atoms with E-state index >= 15 is 0 Å². The molecule has 0 spiro atoms. The van der Waals surface area contributed by atoms with Crippen LogP contribution in [0.3, 0.4) is 0 Å². The first-order chi connectivity index (χ1) is 9.58. The van der Waals surface area contributed by atoms with Crippen LogP contribution in [0, 0.1) is 5.82 Å². The Morgan fingerprint density at radius 2 is 2.20 bits per heavy atom. The zero-order chi connectivity index (χ0) is 14.7. The van der Waals surface area contributed by atoms with Crippen molar-refractivity contribution in [1.82, 2.24) is 4.98 Å². The molecule has 0 aliphatic carbocycles. The normalized spacial score (nSPS) is 10.6. The van der Waals surface area contributed by atoms with Gasteiger partial charge in [0.1, 0.15) is 11.5 Å². The predicted molar refractivity (Wildman–Crippen MR) is 71.6 cm³/mol. The zero-order valence-corrected chi connectivity index (χ0v) is 12.4. The Kier molecular flexibility index (Phi) is 4.51. The third-order valence-corrected chi connectivity index (χ3v) is 3.19. The molecule has 1 heterocycles. The molecule has 1 aromatic heterocycles. The fourth-order valence-corrected chi connectivity index (χ4v) is 2.16. The lowest BCUT2D eigenvalue weighted by molar-refractivity contribution is 0.0559. The van der Waals surface area contributed by atoms with E-state index in [-0.39, 0.29) is 29.5 Å². The number of hydrogen-bond acceptors (Lipinski definition) is 5. The highest BCUT2D eigenvalue weighted by Crippen LogP contribution is 2.31. The fraction of sp³-hybridized carbons (Fsp3) is 0.231. The molecule has 5 nitrogen and oxygen atoms in total. The first kappa shape index (κ1) is 14.7. The molecule has 2 rings (SSSR count). The quantitative estimate of drug-likeness (QED) is 0.798. The van der Waals surface area contributed by atoms with Crippen LogP contribution in [0.5, 0.6) is 0 Å². The number of ether oxygens (including phenoxy) is 2. The molecule has 2 aromatic rings. The number of hydrogen-bond donors (Lipinski definition) is 0. The van der Waals surface area contributed by atoms with Crippen LogP contribution in [0.4, 0.5) is 4.39 Å². The highest BCUT2D eigenvalue weighted by atomic mass is 79.9. The van der Waals surface area contributed by atoms with Crippen LogP contribution in [0.15, 0.2) is 27.1 Å². The summed E-state index contributed by atoms with van der Waals surface area (Å²) in [6.45, 7) is 0.0556. The number of oxazole rings is 1. The average Bonchev–Trinajstić information content (AvgIpc) is 2.82. The number of aromatic nitrogens is 1. The van der Waals surface area contributed by atoms with Gasteiger partial charge in [0, 0.05) is 11.6 Å². The molecule has 0 atom stereocenters. The van der Waals surface area contributed by atoms with Crippen LogP contribution in [-0.4, -0.2) is 25.2 Å². The molecule has 0 amide bonds. The van der Waals surface area contributed by atoms with Crippen LogP contribution >= 0.6 is 15.9 Å². The molecule has 0 unspecified atom stereocenters. The number of nitrogens with zero attached hydrogens (tertiary/aromatic N) is 1. The van der Waals surface area contributed by atoms with Crippen molar-refractivity contribution in [3.63, 3.8) is 0 Å². The maximum Gasteiger partial charge on any atom is 0.376 e. The van der Waals surface area contributed by atoms with Gasteiger partial charge >= 0.3 is 5.97 Å². The summed E-state index contributed by atoms with van der Waals surface area (Å²) < 4.78 is 29.2. The molecule has 0 saturated heterocycles. The predicted octanol–water partition coefficient (Wildman–Crippen LogP) is 3.18. The molecular weight excluding hydrogens is 333 g/mol. The second-order valence-electron chi connectivity index (χ2n) is 3.82. The number of benzene rings is 1. The van der Waals surface area contributed by atoms with Crippen LogP contribution in [0.25, 0.3) is 11.5 Å². The smallest absolute Gasteiger partial charge is 0.376 e. The van der Waals surface area contributed by atoms with Gasteiger partial charge in [-0.05, 0) is 28.1 Å². The Morgan fingerprint density at radius 1 is 1.45 bits per heavy atom. The van der Waals surface area contributed by atoms with Gasteiger partial charge in [0.2, 0.25) is 11.7 Å². The maximum atomic E-state index is 13.9. The van der Waals surface area contributed by atoms with Crippen molar-refractivity contribution in [2.75, 3.05) is 14.2 Å². The van der Waals surface area contributed by atoms with Crippen molar-refractivity contribution >= 4 is 21.9 Å². The van der Waals surface area contributed by atoms with Crippen LogP contribution in [0.2, 0.25) is 0 Å². The largest absolute Gasteiger partial charge is 0.463 e. The van der Waals surface area contributed by atoms with E-state index in [0.717, 1.165) is 0 Å². The number of carbonyl (C=O) groups excluding carboxylic acids is 1. The first-order valence-corrected chi connectivity index (χ1v) is 6.39. The lowest BCUT2D eigenvalue weighted by Crippen LogP contribution is -2.04. The molecule has 0 bridgehead atoms. The summed E-state index contributed by atoms with van der Waals surface area (Å²) in [7, 11) is 2.68. The summed E-state index contributed by atoms with van der Waals surface area (Å²) in [6, 6.07) is 4.47. The summed E-state index contributed by atoms with van der Waals surface area (Å²) in [5, 5.41) is 0. The Balaban J connectivity index is 2.56. The average molecular weight is 344 g/mol. The minimum atomic E-state index is -0.691. The van der Waals surface area contributed by atoms with Gasteiger partial charge in [-0.2, -0.15) is 0 Å². The van der Waals surface area contributed by atoms with E-state index in [2.05, 4.69) is 25.7 Å². The van der Waals surface area contributed by atoms with Gasteiger partial charge in [-0.3, -0.25) is 0 Å². The molecule has 0 fully saturated rings. The standard InChI is InChI=1S/C13H11BrFNO4/c1-18-6-9-11(13(17)19-2)20-12(16-9)10-7(14)4-3-5-8(10)15/h3-5H,6H2,1-2H3. The Hall–Kier alpha value is -1.73. The van der Waals surface area contributed by atoms with Gasteiger partial charge in [0.15, 0.2) is 0 Å². The lowest BCUT2D eigenvalue weighted by Gasteiger charge is -2.00. The molecule has 7 heteroatoms. The van der Waals surface area contributed by atoms with E-state index in [1.54, 1.807) is 12.1 Å². The highest BCUT2D eigenvalue weighted by molar-refractivity contribution is 9.10. The van der Waals surface area contributed by atoms with Crippen molar-refractivity contribution in [2.45, 2.75) is 6.61 Å². The van der Waals surface area contributed by atoms with Crippen LogP contribution in [-0.2, 0) is 16.1 Å². The number of carbonyl (C=O) groups is 1. The summed E-state index contributed by atoms with van der Waals surface area (Å²) in [4.78, 5) is 15.7. The van der Waals surface area contributed by atoms with E-state index < -0.39 is 11.8 Å². The fourth-order valence-electron chi connectivity index (χ4n) is 1.65. The Morgan fingerprint density at radius 3 is 2.80 bits per heavy atom. The van der Waals surface area contributed by atoms with Crippen LogP contribution < -0.4 is 0 Å². The summed E-state index contributed by atoms with van der Waals surface area (Å²) in [5.74, 6) is -1.31. The number of esters is 1. The van der Waals surface area contributed by atoms with Gasteiger partial charge < -0.3 is 13.9 Å². The van der Waals surface area contributed by atoms with Crippen molar-refractivity contribution in [2.24, 2.45) is 0 Å². The number of rotatable bonds is 4. The summed E-state index contributed by atoms with van der Waals surface area (Å²) in [6.07, 6.45) is 0. The maximum absolute atomic E-state index is 13.9. The molecule has 0 radical (unpaired) electrons. The van der Waals surface area contributed by atoms with Crippen LogP contribution in [0.1, 0.15) is 16.2 Å². The van der Waals surface area contributed by atoms with Gasteiger partial charge in [-0.25, -0.2) is 14.2 Å². The second-order valence-corrected chi connectivity index (χ2v) is 4.67. The highest BCUT2D eigenvalue weighted by Gasteiger charge is 2.24. The Labute approximate surface area is 122 Å². The van der Waals surface area contributed by atoms with E-state index in [1.807, 2.05) is 0 Å². The SMILES string of the molecule is COCc1nc(-c2c(F)cccc2Br)oc1C(=O)OC. The first-order valence-electron chi connectivity index (χ1n) is 5.59. The molecule has 0 aliphatic heterocycles. The van der Waals surface area contributed by atoms with Crippen molar-refractivity contribution < 1.29 is 23.1 Å². The van der Waals surface area contributed by atoms with E-state index in [9.17, 15) is 9.18 Å². The second kappa shape index (κ2) is 6.15. The molecule has 1 aromatic carbocycles. The Bertz CT molecular complexity index is 621. The van der Waals surface area contributed by atoms with E-state index in [4.69, 9.17) is 9.15 Å². The summed E-state index contributed by atoms with van der Waals surface area (Å²) >= 11 is 3.22. The molecule has 0 saturated carbocycles. The number of halogens is 2. The summed E-state index contributed by atoms with van der Waals surface area (Å²) in [5.41, 5.74) is 0.393. The van der Waals surface area contributed by atoms with E-state index in [1.165, 1.54) is 20.3 Å². The van der Waals surface area contributed by atoms with E-state index in [0.29, 0.717) is 4.47 Å². The van der Waals surface area contributed by atoms with Gasteiger partial charge in [0.25, 0.3) is 0 Å². The topological polar surface area (TPSA) is 61.6 Å². The van der Waals surface area contributed by atoms with Gasteiger partial charge in [0.05, 0.1) is 19.3 Å². The minimum absolute atomic E-state index is 0.0116. The van der Waals surface area contributed by atoms with Crippen molar-refractivity contribution in [3.05, 3.63) is 39.9 Å². The molecule has 0 N–H and O–H groups in total. The lowest BCUT2D eigenvalue weighted by atomic mass is 10.2. The van der Waals surface area contributed by atoms with Gasteiger partial charge in [-0.15, -0.1) is 0 Å². The van der Waals surface area contributed by atoms with Gasteiger partial charge in [-0.1, -0.05) is 6.07 Å². The number of methoxy groups -OCH3 is 2. The molecular formula is C13H11BrFNO4. The molecule has 20 heavy (non-hydrogen) atoms. The molecule has 106 valence electrons. The van der Waals surface area contributed by atoms with Crippen molar-refractivity contribution in [1.29, 1.82) is 0 Å². The molecule has 0 aliphatic rings. The third kappa shape index (κ3) is 2.73. The minimum Gasteiger partial charge on any atom is -0.463 e. The zero-order valence-electron chi connectivity index (χ0n) is 10.8. The monoisotopic (exact) mass is 343 g/mol.